The van der Waals surface area contributed by atoms with Gasteiger partial charge in [0, 0.05) is 29.3 Å². The summed E-state index contributed by atoms with van der Waals surface area (Å²) in [7, 11) is 0. The number of rotatable bonds is 3. The van der Waals surface area contributed by atoms with Gasteiger partial charge in [0.2, 0.25) is 5.91 Å². The van der Waals surface area contributed by atoms with Crippen molar-refractivity contribution < 1.29 is 9.18 Å². The Hall–Kier alpha value is -2.80. The topological polar surface area (TPSA) is 71.8 Å². The summed E-state index contributed by atoms with van der Waals surface area (Å²) in [5.41, 5.74) is 1.34. The van der Waals surface area contributed by atoms with Crippen LogP contribution in [-0.4, -0.2) is 39.4 Å². The fourth-order valence-electron chi connectivity index (χ4n) is 4.33. The second-order valence-electron chi connectivity index (χ2n) is 8.26. The lowest BCUT2D eigenvalue weighted by atomic mass is 9.83. The molecule has 6 nitrogen and oxygen atoms in total. The molecule has 1 amide bonds. The van der Waals surface area contributed by atoms with Crippen LogP contribution in [0.5, 0.6) is 0 Å². The van der Waals surface area contributed by atoms with Crippen molar-refractivity contribution in [1.82, 2.24) is 20.1 Å². The lowest BCUT2D eigenvalue weighted by molar-refractivity contribution is -0.119. The number of fused-ring (bicyclic) bond motifs is 2. The SMILES string of the molecule is CC1(C)C(=O)Nc2nccc(-c3nn(CC4(F)CCNC4)c4ccccc34)c21. The van der Waals surface area contributed by atoms with E-state index in [9.17, 15) is 4.79 Å². The molecule has 0 bridgehead atoms. The number of alkyl halides is 1. The Morgan fingerprint density at radius 1 is 1.25 bits per heavy atom. The van der Waals surface area contributed by atoms with Gasteiger partial charge in [0.25, 0.3) is 0 Å². The summed E-state index contributed by atoms with van der Waals surface area (Å²) in [5, 5.41) is 11.7. The molecule has 7 heteroatoms. The van der Waals surface area contributed by atoms with Crippen LogP contribution in [0.4, 0.5) is 10.2 Å². The molecule has 0 radical (unpaired) electrons. The molecule has 1 saturated heterocycles. The number of benzene rings is 1. The van der Waals surface area contributed by atoms with Gasteiger partial charge in [0.1, 0.15) is 17.2 Å². The normalized spacial score (nSPS) is 23.2. The maximum absolute atomic E-state index is 15.1. The second-order valence-corrected chi connectivity index (χ2v) is 8.26. The standard InChI is InChI=1S/C21H22FN5O/c1-20(2)16-14(7-9-24-18(16)25-19(20)28)17-13-5-3-4-6-15(13)27(26-17)12-21(22)8-10-23-11-21/h3-7,9,23H,8,10-12H2,1-2H3,(H,24,25,28). The average Bonchev–Trinajstić information content (AvgIpc) is 3.32. The second kappa shape index (κ2) is 5.85. The Labute approximate surface area is 162 Å². The molecule has 2 N–H and O–H groups in total. The van der Waals surface area contributed by atoms with Gasteiger partial charge >= 0.3 is 0 Å². The number of carbonyl (C=O) groups is 1. The van der Waals surface area contributed by atoms with Gasteiger partial charge in [-0.15, -0.1) is 0 Å². The lowest BCUT2D eigenvalue weighted by Crippen LogP contribution is -2.32. The quantitative estimate of drug-likeness (QED) is 0.734. The highest BCUT2D eigenvalue weighted by Crippen LogP contribution is 2.43. The molecule has 2 aromatic heterocycles. The molecule has 0 aliphatic carbocycles. The maximum atomic E-state index is 15.1. The number of carbonyl (C=O) groups excluding carboxylic acids is 1. The van der Waals surface area contributed by atoms with Crippen LogP contribution < -0.4 is 10.6 Å². The first kappa shape index (κ1) is 17.3. The number of aromatic nitrogens is 3. The number of nitrogens with zero attached hydrogens (tertiary/aromatic N) is 3. The summed E-state index contributed by atoms with van der Waals surface area (Å²) in [6.45, 7) is 5.00. The zero-order valence-corrected chi connectivity index (χ0v) is 15.9. The third-order valence-electron chi connectivity index (χ3n) is 5.91. The Balaban J connectivity index is 1.70. The Bertz CT molecular complexity index is 1100. The number of halogens is 1. The van der Waals surface area contributed by atoms with Crippen molar-refractivity contribution in [2.45, 2.75) is 37.9 Å². The van der Waals surface area contributed by atoms with Crippen molar-refractivity contribution in [2.75, 3.05) is 18.4 Å². The van der Waals surface area contributed by atoms with E-state index >= 15 is 4.39 Å². The number of pyridine rings is 1. The number of nitrogens with one attached hydrogen (secondary N) is 2. The van der Waals surface area contributed by atoms with Gasteiger partial charge < -0.3 is 10.6 Å². The highest BCUT2D eigenvalue weighted by Gasteiger charge is 2.42. The highest BCUT2D eigenvalue weighted by atomic mass is 19.1. The number of para-hydroxylation sites is 1. The zero-order valence-electron chi connectivity index (χ0n) is 15.9. The molecule has 4 heterocycles. The molecule has 2 aliphatic rings. The van der Waals surface area contributed by atoms with Crippen LogP contribution in [0.3, 0.4) is 0 Å². The van der Waals surface area contributed by atoms with Gasteiger partial charge in [0.05, 0.1) is 17.5 Å². The lowest BCUT2D eigenvalue weighted by Gasteiger charge is -2.19. The smallest absolute Gasteiger partial charge is 0.235 e. The van der Waals surface area contributed by atoms with Gasteiger partial charge in [-0.25, -0.2) is 9.37 Å². The molecule has 1 fully saturated rings. The maximum Gasteiger partial charge on any atom is 0.235 e. The monoisotopic (exact) mass is 379 g/mol. The van der Waals surface area contributed by atoms with Gasteiger partial charge in [-0.3, -0.25) is 9.48 Å². The minimum Gasteiger partial charge on any atom is -0.313 e. The van der Waals surface area contributed by atoms with E-state index < -0.39 is 11.1 Å². The van der Waals surface area contributed by atoms with Crippen molar-refractivity contribution in [2.24, 2.45) is 0 Å². The third-order valence-corrected chi connectivity index (χ3v) is 5.91. The predicted octanol–water partition coefficient (Wildman–Crippen LogP) is 3.03. The van der Waals surface area contributed by atoms with Gasteiger partial charge in [-0.05, 0) is 38.9 Å². The van der Waals surface area contributed by atoms with Crippen LogP contribution in [-0.2, 0) is 16.8 Å². The highest BCUT2D eigenvalue weighted by molar-refractivity contribution is 6.08. The fourth-order valence-corrected chi connectivity index (χ4v) is 4.33. The van der Waals surface area contributed by atoms with E-state index in [0.29, 0.717) is 25.3 Å². The molecular formula is C21H22FN5O. The first-order valence-electron chi connectivity index (χ1n) is 9.56. The van der Waals surface area contributed by atoms with E-state index in [0.717, 1.165) is 27.7 Å². The van der Waals surface area contributed by atoms with Crippen LogP contribution in [0.1, 0.15) is 25.8 Å². The Kier molecular flexibility index (Phi) is 3.61. The van der Waals surface area contributed by atoms with Crippen LogP contribution in [0.2, 0.25) is 0 Å². The molecule has 0 spiro atoms. The van der Waals surface area contributed by atoms with Crippen LogP contribution in [0, 0.1) is 0 Å². The first-order chi connectivity index (χ1) is 13.4. The first-order valence-corrected chi connectivity index (χ1v) is 9.56. The average molecular weight is 379 g/mol. The largest absolute Gasteiger partial charge is 0.313 e. The van der Waals surface area contributed by atoms with E-state index in [-0.39, 0.29) is 12.5 Å². The molecule has 28 heavy (non-hydrogen) atoms. The van der Waals surface area contributed by atoms with Crippen LogP contribution in [0.15, 0.2) is 36.5 Å². The van der Waals surface area contributed by atoms with Crippen LogP contribution >= 0.6 is 0 Å². The van der Waals surface area contributed by atoms with Gasteiger partial charge in [-0.2, -0.15) is 5.10 Å². The minimum absolute atomic E-state index is 0.0778. The number of hydrogen-bond donors (Lipinski definition) is 2. The molecule has 3 aromatic rings. The molecular weight excluding hydrogens is 357 g/mol. The molecule has 2 aliphatic heterocycles. The number of amides is 1. The minimum atomic E-state index is -1.30. The fraction of sp³-hybridized carbons (Fsp3) is 0.381. The Morgan fingerprint density at radius 2 is 2.07 bits per heavy atom. The van der Waals surface area contributed by atoms with Crippen molar-refractivity contribution in [3.05, 3.63) is 42.1 Å². The molecule has 5 rings (SSSR count). The van der Waals surface area contributed by atoms with Gasteiger partial charge in [0.15, 0.2) is 0 Å². The predicted molar refractivity (Wildman–Crippen MR) is 106 cm³/mol. The molecule has 1 unspecified atom stereocenters. The third kappa shape index (κ3) is 2.46. The summed E-state index contributed by atoms with van der Waals surface area (Å²) >= 11 is 0. The zero-order chi connectivity index (χ0) is 19.5. The molecule has 144 valence electrons. The van der Waals surface area contributed by atoms with Crippen molar-refractivity contribution in [1.29, 1.82) is 0 Å². The van der Waals surface area contributed by atoms with E-state index in [1.54, 1.807) is 10.9 Å². The summed E-state index contributed by atoms with van der Waals surface area (Å²) < 4.78 is 16.9. The molecule has 1 aromatic carbocycles. The van der Waals surface area contributed by atoms with Crippen molar-refractivity contribution in [3.8, 4) is 11.3 Å². The summed E-state index contributed by atoms with van der Waals surface area (Å²) in [5.74, 6) is 0.499. The Morgan fingerprint density at radius 3 is 2.86 bits per heavy atom. The number of hydrogen-bond acceptors (Lipinski definition) is 4. The van der Waals surface area contributed by atoms with Crippen LogP contribution in [0.25, 0.3) is 22.2 Å². The van der Waals surface area contributed by atoms with Crippen molar-refractivity contribution >= 4 is 22.6 Å². The summed E-state index contributed by atoms with van der Waals surface area (Å²) in [6.07, 6.45) is 2.16. The number of anilines is 1. The molecule has 0 saturated carbocycles. The van der Waals surface area contributed by atoms with Gasteiger partial charge in [-0.1, -0.05) is 18.2 Å². The molecule has 1 atom stereocenters. The summed E-state index contributed by atoms with van der Waals surface area (Å²) in [6, 6.07) is 9.75. The van der Waals surface area contributed by atoms with Crippen molar-refractivity contribution in [3.63, 3.8) is 0 Å². The van der Waals surface area contributed by atoms with E-state index in [2.05, 4.69) is 15.6 Å². The van der Waals surface area contributed by atoms with E-state index in [1.807, 2.05) is 44.2 Å². The van der Waals surface area contributed by atoms with E-state index in [4.69, 9.17) is 5.10 Å². The van der Waals surface area contributed by atoms with E-state index in [1.165, 1.54) is 0 Å². The summed E-state index contributed by atoms with van der Waals surface area (Å²) in [4.78, 5) is 16.8.